The number of hydrogen-bond donors (Lipinski definition) is 2. The van der Waals surface area contributed by atoms with Crippen molar-refractivity contribution in [2.45, 2.75) is 39.3 Å². The van der Waals surface area contributed by atoms with Gasteiger partial charge >= 0.3 is 0 Å². The number of aromatic nitrogens is 3. The van der Waals surface area contributed by atoms with Gasteiger partial charge in [0, 0.05) is 26.1 Å². The van der Waals surface area contributed by atoms with Gasteiger partial charge < -0.3 is 15.2 Å². The molecule has 122 valence electrons. The molecule has 0 spiro atoms. The first kappa shape index (κ1) is 15.5. The molecule has 0 radical (unpaired) electrons. The quantitative estimate of drug-likeness (QED) is 0.627. The number of hydrogen-bond acceptors (Lipinski definition) is 3. The van der Waals surface area contributed by atoms with Crippen LogP contribution < -0.4 is 10.6 Å². The van der Waals surface area contributed by atoms with Gasteiger partial charge in [0.1, 0.15) is 12.4 Å². The summed E-state index contributed by atoms with van der Waals surface area (Å²) < 4.78 is 2.19. The zero-order chi connectivity index (χ0) is 15.9. The lowest BCUT2D eigenvalue weighted by Crippen LogP contribution is -2.38. The van der Waals surface area contributed by atoms with Gasteiger partial charge in [-0.25, -0.2) is 4.99 Å². The normalized spacial score (nSPS) is 13.9. The lowest BCUT2D eigenvalue weighted by molar-refractivity contribution is 0.684. The Hall–Kier alpha value is -2.37. The predicted octanol–water partition coefficient (Wildman–Crippen LogP) is 1.52. The van der Waals surface area contributed by atoms with E-state index in [4.69, 9.17) is 0 Å². The summed E-state index contributed by atoms with van der Waals surface area (Å²) in [5.41, 5.74) is 1.33. The summed E-state index contributed by atoms with van der Waals surface area (Å²) >= 11 is 0. The van der Waals surface area contributed by atoms with E-state index in [1.807, 2.05) is 6.07 Å². The molecule has 0 saturated carbocycles. The second-order valence-electron chi connectivity index (χ2n) is 5.65. The zero-order valence-electron chi connectivity index (χ0n) is 13.6. The first-order valence-corrected chi connectivity index (χ1v) is 8.34. The van der Waals surface area contributed by atoms with E-state index in [1.165, 1.54) is 5.56 Å². The second-order valence-corrected chi connectivity index (χ2v) is 5.65. The number of guanidine groups is 1. The number of nitrogens with zero attached hydrogens (tertiary/aromatic N) is 4. The fraction of sp³-hybridized carbons (Fsp3) is 0.471. The van der Waals surface area contributed by atoms with Crippen molar-refractivity contribution in [2.75, 3.05) is 13.1 Å². The highest BCUT2D eigenvalue weighted by molar-refractivity contribution is 5.79. The summed E-state index contributed by atoms with van der Waals surface area (Å²) in [5, 5.41) is 15.1. The molecule has 6 nitrogen and oxygen atoms in total. The molecule has 1 aliphatic rings. The molecule has 2 N–H and O–H groups in total. The third kappa shape index (κ3) is 4.09. The van der Waals surface area contributed by atoms with Crippen LogP contribution in [0.4, 0.5) is 0 Å². The summed E-state index contributed by atoms with van der Waals surface area (Å²) in [6.45, 7) is 5.35. The average molecular weight is 312 g/mol. The summed E-state index contributed by atoms with van der Waals surface area (Å²) in [6.07, 6.45) is 3.18. The molecule has 6 heteroatoms. The molecule has 0 fully saturated rings. The third-order valence-corrected chi connectivity index (χ3v) is 3.96. The smallest absolute Gasteiger partial charge is 0.191 e. The monoisotopic (exact) mass is 312 g/mol. The standard InChI is InChI=1S/C17H24N6/c1-2-18-17(19-11-10-14-7-4-3-5-8-14)20-13-16-22-21-15-9-6-12-23(15)16/h3-5,7-8H,2,6,9-13H2,1H3,(H2,18,19,20). The van der Waals surface area contributed by atoms with Crippen molar-refractivity contribution < 1.29 is 0 Å². The van der Waals surface area contributed by atoms with Gasteiger partial charge in [0.2, 0.25) is 0 Å². The molecular formula is C17H24N6. The molecule has 0 saturated heterocycles. The molecule has 1 aromatic carbocycles. The highest BCUT2D eigenvalue weighted by Gasteiger charge is 2.16. The first-order chi connectivity index (χ1) is 11.4. The van der Waals surface area contributed by atoms with Crippen LogP contribution in [-0.2, 0) is 25.9 Å². The molecular weight excluding hydrogens is 288 g/mol. The molecule has 1 aliphatic heterocycles. The van der Waals surface area contributed by atoms with Crippen LogP contribution in [0, 0.1) is 0 Å². The van der Waals surface area contributed by atoms with E-state index in [9.17, 15) is 0 Å². The minimum absolute atomic E-state index is 0.563. The van der Waals surface area contributed by atoms with Gasteiger partial charge in [-0.1, -0.05) is 30.3 Å². The number of rotatable bonds is 6. The molecule has 0 bridgehead atoms. The van der Waals surface area contributed by atoms with Crippen LogP contribution in [0.5, 0.6) is 0 Å². The van der Waals surface area contributed by atoms with Gasteiger partial charge in [-0.05, 0) is 25.3 Å². The SMILES string of the molecule is CCNC(=NCc1nnc2n1CCC2)NCCc1ccccc1. The number of fused-ring (bicyclic) bond motifs is 1. The van der Waals surface area contributed by atoms with Crippen molar-refractivity contribution in [3.63, 3.8) is 0 Å². The maximum atomic E-state index is 4.64. The van der Waals surface area contributed by atoms with Crippen molar-refractivity contribution in [1.29, 1.82) is 0 Å². The Labute approximate surface area is 137 Å². The summed E-state index contributed by atoms with van der Waals surface area (Å²) in [6, 6.07) is 10.5. The van der Waals surface area contributed by atoms with Crippen LogP contribution in [0.3, 0.4) is 0 Å². The van der Waals surface area contributed by atoms with E-state index in [1.54, 1.807) is 0 Å². The third-order valence-electron chi connectivity index (χ3n) is 3.96. The first-order valence-electron chi connectivity index (χ1n) is 8.34. The summed E-state index contributed by atoms with van der Waals surface area (Å²) in [7, 11) is 0. The second kappa shape index (κ2) is 7.76. The minimum atomic E-state index is 0.563. The van der Waals surface area contributed by atoms with Crippen LogP contribution in [0.2, 0.25) is 0 Å². The van der Waals surface area contributed by atoms with E-state index in [0.717, 1.165) is 56.5 Å². The van der Waals surface area contributed by atoms with E-state index in [2.05, 4.69) is 61.6 Å². The molecule has 0 unspecified atom stereocenters. The van der Waals surface area contributed by atoms with Crippen LogP contribution in [0.1, 0.15) is 30.6 Å². The van der Waals surface area contributed by atoms with Crippen molar-refractivity contribution in [2.24, 2.45) is 4.99 Å². The fourth-order valence-corrected chi connectivity index (χ4v) is 2.79. The Morgan fingerprint density at radius 2 is 2.09 bits per heavy atom. The molecule has 23 heavy (non-hydrogen) atoms. The number of nitrogens with one attached hydrogen (secondary N) is 2. The Kier molecular flexibility index (Phi) is 5.24. The van der Waals surface area contributed by atoms with Crippen molar-refractivity contribution in [1.82, 2.24) is 25.4 Å². The molecule has 0 atom stereocenters. The Balaban J connectivity index is 1.55. The number of aliphatic imine (C=N–C) groups is 1. The minimum Gasteiger partial charge on any atom is -0.357 e. The largest absolute Gasteiger partial charge is 0.357 e. The maximum absolute atomic E-state index is 4.64. The van der Waals surface area contributed by atoms with Crippen LogP contribution in [-0.4, -0.2) is 33.8 Å². The lowest BCUT2D eigenvalue weighted by Gasteiger charge is -2.11. The predicted molar refractivity (Wildman–Crippen MR) is 91.3 cm³/mol. The molecule has 2 heterocycles. The Bertz CT molecular complexity index is 646. The fourth-order valence-electron chi connectivity index (χ4n) is 2.79. The van der Waals surface area contributed by atoms with Gasteiger partial charge in [-0.2, -0.15) is 0 Å². The summed E-state index contributed by atoms with van der Waals surface area (Å²) in [5.74, 6) is 2.88. The van der Waals surface area contributed by atoms with Crippen molar-refractivity contribution in [3.8, 4) is 0 Å². The van der Waals surface area contributed by atoms with Gasteiger partial charge in [0.25, 0.3) is 0 Å². The molecule has 0 aliphatic carbocycles. The van der Waals surface area contributed by atoms with Crippen LogP contribution in [0.15, 0.2) is 35.3 Å². The average Bonchev–Trinajstić information content (AvgIpc) is 3.17. The highest BCUT2D eigenvalue weighted by Crippen LogP contribution is 2.14. The van der Waals surface area contributed by atoms with Gasteiger partial charge in [-0.3, -0.25) is 0 Å². The van der Waals surface area contributed by atoms with E-state index in [-0.39, 0.29) is 0 Å². The summed E-state index contributed by atoms with van der Waals surface area (Å²) in [4.78, 5) is 4.64. The van der Waals surface area contributed by atoms with Gasteiger partial charge in [0.15, 0.2) is 11.8 Å². The topological polar surface area (TPSA) is 67.1 Å². The molecule has 0 amide bonds. The Morgan fingerprint density at radius 3 is 2.91 bits per heavy atom. The zero-order valence-corrected chi connectivity index (χ0v) is 13.6. The van der Waals surface area contributed by atoms with Crippen LogP contribution >= 0.6 is 0 Å². The van der Waals surface area contributed by atoms with E-state index >= 15 is 0 Å². The van der Waals surface area contributed by atoms with Gasteiger partial charge in [-0.15, -0.1) is 10.2 Å². The number of aryl methyl sites for hydroxylation is 1. The maximum Gasteiger partial charge on any atom is 0.191 e. The highest BCUT2D eigenvalue weighted by atomic mass is 15.3. The molecule has 1 aromatic heterocycles. The lowest BCUT2D eigenvalue weighted by atomic mass is 10.1. The van der Waals surface area contributed by atoms with Gasteiger partial charge in [0.05, 0.1) is 0 Å². The number of benzene rings is 1. The van der Waals surface area contributed by atoms with Crippen molar-refractivity contribution >= 4 is 5.96 Å². The van der Waals surface area contributed by atoms with Crippen molar-refractivity contribution in [3.05, 3.63) is 47.5 Å². The molecule has 2 aromatic rings. The van der Waals surface area contributed by atoms with E-state index < -0.39 is 0 Å². The van der Waals surface area contributed by atoms with E-state index in [0.29, 0.717) is 6.54 Å². The Morgan fingerprint density at radius 1 is 1.22 bits per heavy atom. The van der Waals surface area contributed by atoms with Crippen LogP contribution in [0.25, 0.3) is 0 Å². The molecule has 3 rings (SSSR count).